The second kappa shape index (κ2) is 11.4. The zero-order valence-corrected chi connectivity index (χ0v) is 14.6. The number of hydrogen-bond donors (Lipinski definition) is 4. The van der Waals surface area contributed by atoms with Gasteiger partial charge in [0.1, 0.15) is 21.1 Å². The van der Waals surface area contributed by atoms with Crippen molar-refractivity contribution in [3.8, 4) is 0 Å². The third kappa shape index (κ3) is 12.5. The van der Waals surface area contributed by atoms with E-state index in [0.29, 0.717) is 0 Å². The summed E-state index contributed by atoms with van der Waals surface area (Å²) >= 11 is 13.7. The second-order valence-electron chi connectivity index (χ2n) is 2.05. The molecule has 0 atom stereocenters. The second-order valence-corrected chi connectivity index (χ2v) is 4.93. The Labute approximate surface area is 131 Å². The van der Waals surface area contributed by atoms with Gasteiger partial charge in [-0.15, -0.1) is 0 Å². The molecule has 11 heteroatoms. The Kier molecular flexibility index (Phi) is 15.1. The van der Waals surface area contributed by atoms with Crippen molar-refractivity contribution < 1.29 is 48.9 Å². The molecule has 0 aliphatic heterocycles. The molecular weight excluding hydrogens is 362 g/mol. The van der Waals surface area contributed by atoms with Crippen LogP contribution in [0.5, 0.6) is 0 Å². The Bertz CT molecular complexity index is 275. The first-order valence-electron chi connectivity index (χ1n) is 3.33. The minimum atomic E-state index is -1.75. The molecule has 0 spiro atoms. The van der Waals surface area contributed by atoms with E-state index in [9.17, 15) is 29.4 Å². The Morgan fingerprint density at radius 3 is 0.882 bits per heavy atom. The maximum Gasteiger partial charge on any atom is 2.00 e. The molecule has 0 aliphatic carbocycles. The van der Waals surface area contributed by atoms with Gasteiger partial charge in [0.05, 0.1) is 0 Å². The molecule has 0 saturated carbocycles. The van der Waals surface area contributed by atoms with Crippen molar-refractivity contribution in [1.82, 2.24) is 0 Å². The van der Waals surface area contributed by atoms with E-state index < -0.39 is 32.7 Å². The van der Waals surface area contributed by atoms with Crippen LogP contribution in [0.4, 0.5) is 0 Å². The normalized spacial score (nSPS) is 8.82. The molecule has 92 valence electrons. The molecule has 0 fully saturated rings. The van der Waals surface area contributed by atoms with Crippen LogP contribution in [0.25, 0.3) is 0 Å². The smallest absolute Gasteiger partial charge is 0.542 e. The van der Waals surface area contributed by atoms with Crippen LogP contribution in [0.1, 0.15) is 0 Å². The van der Waals surface area contributed by atoms with Gasteiger partial charge in [-0.25, -0.2) is 0 Å². The molecule has 0 radical (unpaired) electrons. The number of carbonyl (C=O) groups is 4. The van der Waals surface area contributed by atoms with E-state index in [4.69, 9.17) is 0 Å². The van der Waals surface area contributed by atoms with Crippen LogP contribution in [-0.4, -0.2) is 32.7 Å². The van der Waals surface area contributed by atoms with Crippen molar-refractivity contribution in [3.05, 3.63) is 0 Å². The minimum Gasteiger partial charge on any atom is -0.542 e. The molecular formula is C6H6O6S4Zn. The molecule has 0 unspecified atom stereocenters. The quantitative estimate of drug-likeness (QED) is 0.182. The molecule has 0 rings (SSSR count). The Morgan fingerprint density at radius 1 is 0.706 bits per heavy atom. The molecule has 0 bridgehead atoms. The summed E-state index contributed by atoms with van der Waals surface area (Å²) in [6.45, 7) is 0. The monoisotopic (exact) mass is 366 g/mol. The topological polar surface area (TPSA) is 114 Å². The average molecular weight is 368 g/mol. The fourth-order valence-electron chi connectivity index (χ4n) is 0.211. The van der Waals surface area contributed by atoms with Gasteiger partial charge in [0.2, 0.25) is 11.6 Å². The zero-order chi connectivity index (χ0) is 13.5. The predicted molar refractivity (Wildman–Crippen MR) is 63.5 cm³/mol. The summed E-state index contributed by atoms with van der Waals surface area (Å²) in [5.74, 6) is -5.73. The number of carboxylic acids is 2. The molecule has 0 saturated heterocycles. The third-order valence-electron chi connectivity index (χ3n) is 0.871. The molecule has 0 aromatic rings. The molecule has 17 heavy (non-hydrogen) atoms. The van der Waals surface area contributed by atoms with E-state index in [-0.39, 0.29) is 19.5 Å². The molecule has 0 N–H and O–H groups in total. The first-order chi connectivity index (χ1) is 7.11. The summed E-state index contributed by atoms with van der Waals surface area (Å²) in [4.78, 5) is 39.2. The Morgan fingerprint density at radius 2 is 0.882 bits per heavy atom. The van der Waals surface area contributed by atoms with Crippen LogP contribution < -0.4 is 10.2 Å². The van der Waals surface area contributed by atoms with Crippen LogP contribution in [0, 0.1) is 0 Å². The van der Waals surface area contributed by atoms with Crippen LogP contribution in [0.15, 0.2) is 0 Å². The first-order valence-corrected chi connectivity index (χ1v) is 5.40. The number of rotatable bonds is 4. The number of carbonyl (C=O) groups excluding carboxylic acids is 4. The standard InChI is InChI=1S/2C3H4O3S2.Zn/c2*4-1(2(5)6)3(7)8;/h2*3,7-8H,(H,5,6);/q;;+2/p-2. The van der Waals surface area contributed by atoms with Crippen molar-refractivity contribution in [2.75, 3.05) is 0 Å². The van der Waals surface area contributed by atoms with Crippen molar-refractivity contribution in [3.63, 3.8) is 0 Å². The summed E-state index contributed by atoms with van der Waals surface area (Å²) in [6, 6.07) is 0. The molecule has 0 aromatic carbocycles. The maximum atomic E-state index is 10.0. The predicted octanol–water partition coefficient (Wildman–Crippen LogP) is -3.02. The summed E-state index contributed by atoms with van der Waals surface area (Å²) in [6.07, 6.45) is 0. The van der Waals surface area contributed by atoms with Crippen molar-refractivity contribution in [2.45, 2.75) is 9.16 Å². The number of Topliss-reactive ketones (excluding diaryl/α,β-unsaturated/α-hetero) is 2. The van der Waals surface area contributed by atoms with Crippen LogP contribution >= 0.6 is 50.5 Å². The number of aliphatic carboxylic acids is 2. The van der Waals surface area contributed by atoms with E-state index >= 15 is 0 Å². The van der Waals surface area contributed by atoms with E-state index in [0.717, 1.165) is 0 Å². The maximum absolute atomic E-state index is 10.0. The van der Waals surface area contributed by atoms with Crippen LogP contribution in [0.2, 0.25) is 0 Å². The number of carboxylic acid groups (broad SMARTS) is 2. The summed E-state index contributed by atoms with van der Waals surface area (Å²) in [7, 11) is 0. The largest absolute Gasteiger partial charge is 2.00 e. The fourth-order valence-corrected chi connectivity index (χ4v) is 0.632. The van der Waals surface area contributed by atoms with Gasteiger partial charge in [-0.05, 0) is 0 Å². The molecule has 6 nitrogen and oxygen atoms in total. The van der Waals surface area contributed by atoms with Gasteiger partial charge in [-0.1, -0.05) is 0 Å². The summed E-state index contributed by atoms with van der Waals surface area (Å²) in [5.41, 5.74) is 0. The number of thiol groups is 4. The van der Waals surface area contributed by atoms with Gasteiger partial charge < -0.3 is 19.8 Å². The average Bonchev–Trinajstić information content (AvgIpc) is 2.15. The van der Waals surface area contributed by atoms with Gasteiger partial charge >= 0.3 is 19.5 Å². The number of hydrogen-bond acceptors (Lipinski definition) is 10. The van der Waals surface area contributed by atoms with Gasteiger partial charge in [-0.2, -0.15) is 50.5 Å². The first kappa shape index (κ1) is 22.5. The summed E-state index contributed by atoms with van der Waals surface area (Å²) < 4.78 is -2.14. The minimum absolute atomic E-state index is 0. The van der Waals surface area contributed by atoms with Crippen LogP contribution in [-0.2, 0) is 38.7 Å². The van der Waals surface area contributed by atoms with E-state index in [1.54, 1.807) is 0 Å². The molecule has 0 aromatic heterocycles. The van der Waals surface area contributed by atoms with Gasteiger partial charge in [0, 0.05) is 0 Å². The van der Waals surface area contributed by atoms with Crippen molar-refractivity contribution in [2.24, 2.45) is 0 Å². The molecule has 0 heterocycles. The van der Waals surface area contributed by atoms with Crippen LogP contribution in [0.3, 0.4) is 0 Å². The fraction of sp³-hybridized carbons (Fsp3) is 0.333. The number of ketones is 2. The van der Waals surface area contributed by atoms with Crippen molar-refractivity contribution in [1.29, 1.82) is 0 Å². The molecule has 0 amide bonds. The van der Waals surface area contributed by atoms with Gasteiger partial charge in [0.15, 0.2) is 0 Å². The Hall–Kier alpha value is 0.303. The zero-order valence-electron chi connectivity index (χ0n) is 8.10. The van der Waals surface area contributed by atoms with E-state index in [2.05, 4.69) is 50.5 Å². The van der Waals surface area contributed by atoms with Gasteiger partial charge in [-0.3, -0.25) is 9.59 Å². The summed E-state index contributed by atoms with van der Waals surface area (Å²) in [5, 5.41) is 19.2. The molecule has 0 aliphatic rings. The third-order valence-corrected chi connectivity index (χ3v) is 1.81. The Balaban J connectivity index is -0.000000218. The van der Waals surface area contributed by atoms with Crippen molar-refractivity contribution >= 4 is 74.0 Å². The SMILES string of the molecule is O=C([O-])C(=O)C(S)S.O=C([O-])C(=O)C(S)S.[Zn+2]. The van der Waals surface area contributed by atoms with Gasteiger partial charge in [0.25, 0.3) is 0 Å². The van der Waals surface area contributed by atoms with E-state index in [1.165, 1.54) is 0 Å². The van der Waals surface area contributed by atoms with E-state index in [1.807, 2.05) is 0 Å².